The molecule has 0 aliphatic carbocycles. The summed E-state index contributed by atoms with van der Waals surface area (Å²) in [7, 11) is -3.30. The average molecular weight is 332 g/mol. The highest BCUT2D eigenvalue weighted by Gasteiger charge is 2.36. The molecule has 1 aliphatic heterocycles. The zero-order chi connectivity index (χ0) is 15.5. The zero-order valence-corrected chi connectivity index (χ0v) is 13.6. The normalized spacial score (nSPS) is 19.7. The van der Waals surface area contributed by atoms with Gasteiger partial charge in [0.2, 0.25) is 0 Å². The number of sulfone groups is 1. The Morgan fingerprint density at radius 1 is 1.57 bits per heavy atom. The summed E-state index contributed by atoms with van der Waals surface area (Å²) in [5.41, 5.74) is 5.73. The highest BCUT2D eigenvalue weighted by atomic mass is 32.2. The van der Waals surface area contributed by atoms with Crippen LogP contribution in [-0.4, -0.2) is 64.5 Å². The average Bonchev–Trinajstić information content (AvgIpc) is 2.95. The quantitative estimate of drug-likeness (QED) is 0.801. The molecule has 2 rings (SSSR count). The van der Waals surface area contributed by atoms with Gasteiger partial charge in [-0.2, -0.15) is 11.8 Å². The van der Waals surface area contributed by atoms with Crippen molar-refractivity contribution in [2.75, 3.05) is 30.3 Å². The van der Waals surface area contributed by atoms with Gasteiger partial charge in [-0.15, -0.1) is 0 Å². The van der Waals surface area contributed by atoms with Crippen LogP contribution in [-0.2, 0) is 16.4 Å². The second-order valence-electron chi connectivity index (χ2n) is 4.77. The number of imidazole rings is 1. The standard InChI is InChI=1S/C12H20N4O3S2/c1-2-21(18,19)11-8-20-6-5-16(11)12(17)10-7-15(4-3-13)9-14-10/h7,9,11H,2-6,8,13H2,1H3. The molecule has 1 aromatic heterocycles. The molecule has 7 nitrogen and oxygen atoms in total. The molecule has 2 heterocycles. The van der Waals surface area contributed by atoms with E-state index < -0.39 is 15.2 Å². The van der Waals surface area contributed by atoms with Gasteiger partial charge < -0.3 is 15.2 Å². The fourth-order valence-electron chi connectivity index (χ4n) is 2.19. The van der Waals surface area contributed by atoms with E-state index in [-0.39, 0.29) is 17.4 Å². The molecule has 1 aromatic rings. The number of hydrogen-bond donors (Lipinski definition) is 1. The van der Waals surface area contributed by atoms with Gasteiger partial charge in [0.25, 0.3) is 5.91 Å². The minimum Gasteiger partial charge on any atom is -0.335 e. The first-order valence-electron chi connectivity index (χ1n) is 6.81. The van der Waals surface area contributed by atoms with Crippen molar-refractivity contribution in [3.8, 4) is 0 Å². The molecular weight excluding hydrogens is 312 g/mol. The second-order valence-corrected chi connectivity index (χ2v) is 8.36. The largest absolute Gasteiger partial charge is 0.335 e. The topological polar surface area (TPSA) is 98.3 Å². The Morgan fingerprint density at radius 2 is 2.33 bits per heavy atom. The van der Waals surface area contributed by atoms with Gasteiger partial charge in [-0.25, -0.2) is 13.4 Å². The van der Waals surface area contributed by atoms with Crippen LogP contribution in [0.4, 0.5) is 0 Å². The lowest BCUT2D eigenvalue weighted by Crippen LogP contribution is -2.50. The Bertz CT molecular complexity index is 599. The summed E-state index contributed by atoms with van der Waals surface area (Å²) >= 11 is 1.56. The van der Waals surface area contributed by atoms with Crippen molar-refractivity contribution in [2.24, 2.45) is 5.73 Å². The number of carbonyl (C=O) groups excluding carboxylic acids is 1. The van der Waals surface area contributed by atoms with Gasteiger partial charge >= 0.3 is 0 Å². The van der Waals surface area contributed by atoms with Gasteiger partial charge in [0.1, 0.15) is 11.1 Å². The molecule has 0 radical (unpaired) electrons. The van der Waals surface area contributed by atoms with Gasteiger partial charge in [0.05, 0.1) is 6.33 Å². The minimum atomic E-state index is -3.30. The number of rotatable bonds is 5. The smallest absolute Gasteiger partial charge is 0.275 e. The van der Waals surface area contributed by atoms with E-state index in [1.165, 1.54) is 4.90 Å². The molecule has 0 spiro atoms. The van der Waals surface area contributed by atoms with E-state index in [0.29, 0.717) is 25.4 Å². The number of hydrogen-bond acceptors (Lipinski definition) is 6. The summed E-state index contributed by atoms with van der Waals surface area (Å²) in [5.74, 6) is 0.869. The van der Waals surface area contributed by atoms with Gasteiger partial charge in [-0.1, -0.05) is 6.92 Å². The lowest BCUT2D eigenvalue weighted by atomic mass is 10.3. The third kappa shape index (κ3) is 3.58. The summed E-state index contributed by atoms with van der Waals surface area (Å²) in [6, 6.07) is 0. The molecule has 1 unspecified atom stereocenters. The van der Waals surface area contributed by atoms with Crippen molar-refractivity contribution in [2.45, 2.75) is 18.8 Å². The Morgan fingerprint density at radius 3 is 3.00 bits per heavy atom. The summed E-state index contributed by atoms with van der Waals surface area (Å²) in [4.78, 5) is 18.0. The van der Waals surface area contributed by atoms with E-state index in [2.05, 4.69) is 4.98 Å². The maximum absolute atomic E-state index is 12.5. The fourth-order valence-corrected chi connectivity index (χ4v) is 5.16. The summed E-state index contributed by atoms with van der Waals surface area (Å²) in [5, 5.41) is -0.756. The minimum absolute atomic E-state index is 0.0314. The number of aromatic nitrogens is 2. The van der Waals surface area contributed by atoms with Gasteiger partial charge in [0.15, 0.2) is 9.84 Å². The molecule has 0 aromatic carbocycles. The molecule has 2 N–H and O–H groups in total. The van der Waals surface area contributed by atoms with Gasteiger partial charge in [-0.3, -0.25) is 4.79 Å². The monoisotopic (exact) mass is 332 g/mol. The third-order valence-electron chi connectivity index (χ3n) is 3.40. The van der Waals surface area contributed by atoms with Crippen LogP contribution in [0, 0.1) is 0 Å². The molecule has 1 saturated heterocycles. The van der Waals surface area contributed by atoms with E-state index >= 15 is 0 Å². The van der Waals surface area contributed by atoms with E-state index in [4.69, 9.17) is 5.73 Å². The number of thioether (sulfide) groups is 1. The second kappa shape index (κ2) is 6.80. The molecule has 1 aliphatic rings. The predicted octanol–water partition coefficient (Wildman–Crippen LogP) is -0.208. The Hall–Kier alpha value is -1.06. The number of nitrogens with two attached hydrogens (primary N) is 1. The van der Waals surface area contributed by atoms with E-state index in [9.17, 15) is 13.2 Å². The lowest BCUT2D eigenvalue weighted by molar-refractivity contribution is 0.0744. The zero-order valence-electron chi connectivity index (χ0n) is 11.9. The number of carbonyl (C=O) groups is 1. The van der Waals surface area contributed by atoms with Gasteiger partial charge in [0, 0.05) is 43.1 Å². The summed E-state index contributed by atoms with van der Waals surface area (Å²) in [6.45, 7) is 3.06. The maximum Gasteiger partial charge on any atom is 0.275 e. The van der Waals surface area contributed by atoms with Crippen molar-refractivity contribution in [1.82, 2.24) is 14.5 Å². The van der Waals surface area contributed by atoms with Crippen LogP contribution in [0.3, 0.4) is 0 Å². The van der Waals surface area contributed by atoms with E-state index in [0.717, 1.165) is 5.75 Å². The first kappa shape index (κ1) is 16.3. The molecule has 9 heteroatoms. The van der Waals surface area contributed by atoms with E-state index in [1.54, 1.807) is 35.8 Å². The molecule has 21 heavy (non-hydrogen) atoms. The highest BCUT2D eigenvalue weighted by molar-refractivity contribution is 8.01. The Balaban J connectivity index is 2.22. The first-order chi connectivity index (χ1) is 9.99. The molecular formula is C12H20N4O3S2. The Labute approximate surface area is 128 Å². The molecule has 0 saturated carbocycles. The fraction of sp³-hybridized carbons (Fsp3) is 0.667. The van der Waals surface area contributed by atoms with Crippen LogP contribution in [0.1, 0.15) is 17.4 Å². The highest BCUT2D eigenvalue weighted by Crippen LogP contribution is 2.23. The van der Waals surface area contributed by atoms with Crippen LogP contribution >= 0.6 is 11.8 Å². The summed E-state index contributed by atoms with van der Waals surface area (Å²) < 4.78 is 26.0. The lowest BCUT2D eigenvalue weighted by Gasteiger charge is -2.34. The van der Waals surface area contributed by atoms with Crippen LogP contribution in [0.5, 0.6) is 0 Å². The van der Waals surface area contributed by atoms with Crippen LogP contribution in [0.2, 0.25) is 0 Å². The molecule has 1 fully saturated rings. The van der Waals surface area contributed by atoms with Crippen molar-refractivity contribution in [1.29, 1.82) is 0 Å². The predicted molar refractivity (Wildman–Crippen MR) is 82.9 cm³/mol. The number of nitrogens with zero attached hydrogens (tertiary/aromatic N) is 3. The summed E-state index contributed by atoms with van der Waals surface area (Å²) in [6.07, 6.45) is 3.16. The maximum atomic E-state index is 12.5. The van der Waals surface area contributed by atoms with Gasteiger partial charge in [-0.05, 0) is 0 Å². The Kier molecular flexibility index (Phi) is 5.28. The molecule has 118 valence electrons. The van der Waals surface area contributed by atoms with Crippen molar-refractivity contribution in [3.05, 3.63) is 18.2 Å². The van der Waals surface area contributed by atoms with Crippen molar-refractivity contribution in [3.63, 3.8) is 0 Å². The molecule has 0 bridgehead atoms. The van der Waals surface area contributed by atoms with Crippen LogP contribution < -0.4 is 5.73 Å². The van der Waals surface area contributed by atoms with Crippen LogP contribution in [0.25, 0.3) is 0 Å². The first-order valence-corrected chi connectivity index (χ1v) is 9.68. The molecule has 1 atom stereocenters. The van der Waals surface area contributed by atoms with Crippen LogP contribution in [0.15, 0.2) is 12.5 Å². The number of amides is 1. The van der Waals surface area contributed by atoms with Crippen molar-refractivity contribution >= 4 is 27.5 Å². The van der Waals surface area contributed by atoms with E-state index in [1.807, 2.05) is 0 Å². The third-order valence-corrected chi connectivity index (χ3v) is 6.69. The SMILES string of the molecule is CCS(=O)(=O)C1CSCCN1C(=O)c1cn(CCN)cn1. The van der Waals surface area contributed by atoms with Crippen molar-refractivity contribution < 1.29 is 13.2 Å². The molecule has 1 amide bonds.